The summed E-state index contributed by atoms with van der Waals surface area (Å²) >= 11 is 0. The highest BCUT2D eigenvalue weighted by atomic mass is 16.7. The Hall–Kier alpha value is -1.48. The summed E-state index contributed by atoms with van der Waals surface area (Å²) in [4.78, 5) is 0. The number of rotatable bonds is 5. The quantitative estimate of drug-likeness (QED) is 0.626. The SMILES string of the molecule is C/C=C/CCNC(C)c1ccc2c(c1)OCO2. The van der Waals surface area contributed by atoms with Crippen molar-refractivity contribution in [1.29, 1.82) is 0 Å². The molecule has 17 heavy (non-hydrogen) atoms. The molecule has 0 aliphatic carbocycles. The molecule has 0 bridgehead atoms. The van der Waals surface area contributed by atoms with Crippen molar-refractivity contribution in [3.63, 3.8) is 0 Å². The van der Waals surface area contributed by atoms with E-state index < -0.39 is 0 Å². The lowest BCUT2D eigenvalue weighted by atomic mass is 10.1. The summed E-state index contributed by atoms with van der Waals surface area (Å²) in [5.74, 6) is 1.69. The monoisotopic (exact) mass is 233 g/mol. The van der Waals surface area contributed by atoms with E-state index in [0.29, 0.717) is 12.8 Å². The van der Waals surface area contributed by atoms with Gasteiger partial charge >= 0.3 is 0 Å². The Labute approximate surface area is 102 Å². The summed E-state index contributed by atoms with van der Waals surface area (Å²) in [6.45, 7) is 5.52. The zero-order valence-electron chi connectivity index (χ0n) is 10.4. The van der Waals surface area contributed by atoms with E-state index >= 15 is 0 Å². The van der Waals surface area contributed by atoms with Crippen molar-refractivity contribution in [2.24, 2.45) is 0 Å². The lowest BCUT2D eigenvalue weighted by Crippen LogP contribution is -2.19. The lowest BCUT2D eigenvalue weighted by molar-refractivity contribution is 0.174. The van der Waals surface area contributed by atoms with Crippen molar-refractivity contribution >= 4 is 0 Å². The molecule has 3 nitrogen and oxygen atoms in total. The van der Waals surface area contributed by atoms with Crippen LogP contribution in [-0.2, 0) is 0 Å². The van der Waals surface area contributed by atoms with E-state index in [1.54, 1.807) is 0 Å². The molecule has 0 radical (unpaired) electrons. The summed E-state index contributed by atoms with van der Waals surface area (Å²) in [6, 6.07) is 6.44. The van der Waals surface area contributed by atoms with Crippen molar-refractivity contribution in [2.45, 2.75) is 26.3 Å². The normalized spacial score (nSPS) is 15.4. The average molecular weight is 233 g/mol. The molecule has 3 heteroatoms. The number of benzene rings is 1. The van der Waals surface area contributed by atoms with E-state index in [1.165, 1.54) is 5.56 Å². The van der Waals surface area contributed by atoms with E-state index in [9.17, 15) is 0 Å². The molecule has 0 spiro atoms. The molecule has 1 atom stereocenters. The molecule has 1 heterocycles. The zero-order valence-corrected chi connectivity index (χ0v) is 10.4. The second-order valence-corrected chi connectivity index (χ2v) is 4.15. The summed E-state index contributed by atoms with van der Waals surface area (Å²) in [5, 5.41) is 3.48. The van der Waals surface area contributed by atoms with Crippen LogP contribution in [0.4, 0.5) is 0 Å². The van der Waals surface area contributed by atoms with E-state index in [1.807, 2.05) is 13.0 Å². The standard InChI is InChI=1S/C14H19NO2/c1-3-4-5-8-15-11(2)12-6-7-13-14(9-12)17-10-16-13/h3-4,6-7,9,11,15H,5,8,10H2,1-2H3/b4-3+. The fraction of sp³-hybridized carbons (Fsp3) is 0.429. The van der Waals surface area contributed by atoms with E-state index in [-0.39, 0.29) is 0 Å². The van der Waals surface area contributed by atoms with Gasteiger partial charge in [-0.1, -0.05) is 18.2 Å². The molecule has 0 saturated heterocycles. The summed E-state index contributed by atoms with van der Waals surface area (Å²) < 4.78 is 10.7. The Kier molecular flexibility index (Phi) is 4.04. The molecule has 1 aliphatic heterocycles. The van der Waals surface area contributed by atoms with Crippen molar-refractivity contribution in [1.82, 2.24) is 5.32 Å². The van der Waals surface area contributed by atoms with Gasteiger partial charge in [0.1, 0.15) is 0 Å². The second-order valence-electron chi connectivity index (χ2n) is 4.15. The third kappa shape index (κ3) is 3.01. The fourth-order valence-corrected chi connectivity index (χ4v) is 1.85. The molecular formula is C14H19NO2. The molecule has 1 aliphatic rings. The van der Waals surface area contributed by atoms with Gasteiger partial charge in [0.2, 0.25) is 6.79 Å². The molecule has 1 N–H and O–H groups in total. The highest BCUT2D eigenvalue weighted by molar-refractivity contribution is 5.45. The number of hydrogen-bond donors (Lipinski definition) is 1. The topological polar surface area (TPSA) is 30.5 Å². The highest BCUT2D eigenvalue weighted by Gasteiger charge is 2.15. The Morgan fingerprint density at radius 3 is 3.00 bits per heavy atom. The second kappa shape index (κ2) is 5.73. The van der Waals surface area contributed by atoms with Gasteiger partial charge < -0.3 is 14.8 Å². The minimum Gasteiger partial charge on any atom is -0.454 e. The maximum absolute atomic E-state index is 5.37. The van der Waals surface area contributed by atoms with Gasteiger partial charge in [-0.15, -0.1) is 0 Å². The average Bonchev–Trinajstić information content (AvgIpc) is 2.81. The van der Waals surface area contributed by atoms with Gasteiger partial charge in [0.05, 0.1) is 0 Å². The van der Waals surface area contributed by atoms with Crippen LogP contribution in [0.3, 0.4) is 0 Å². The molecule has 0 fully saturated rings. The highest BCUT2D eigenvalue weighted by Crippen LogP contribution is 2.34. The number of nitrogens with one attached hydrogen (secondary N) is 1. The molecule has 1 unspecified atom stereocenters. The summed E-state index contributed by atoms with van der Waals surface area (Å²) in [7, 11) is 0. The first kappa shape index (κ1) is 12.0. The van der Waals surface area contributed by atoms with Gasteiger partial charge in [-0.05, 0) is 44.5 Å². The van der Waals surface area contributed by atoms with Gasteiger partial charge in [-0.3, -0.25) is 0 Å². The molecule has 0 saturated carbocycles. The number of hydrogen-bond acceptors (Lipinski definition) is 3. The minimum atomic E-state index is 0.328. The predicted octanol–water partition coefficient (Wildman–Crippen LogP) is 3.03. The Morgan fingerprint density at radius 1 is 1.35 bits per heavy atom. The number of ether oxygens (including phenoxy) is 2. The van der Waals surface area contributed by atoms with E-state index in [2.05, 4.69) is 36.5 Å². The molecule has 2 rings (SSSR count). The van der Waals surface area contributed by atoms with Crippen LogP contribution >= 0.6 is 0 Å². The molecule has 1 aromatic rings. The maximum Gasteiger partial charge on any atom is 0.231 e. The number of allylic oxidation sites excluding steroid dienone is 1. The molecule has 0 aromatic heterocycles. The van der Waals surface area contributed by atoms with Crippen molar-refractivity contribution in [2.75, 3.05) is 13.3 Å². The molecule has 1 aromatic carbocycles. The lowest BCUT2D eigenvalue weighted by Gasteiger charge is -2.14. The van der Waals surface area contributed by atoms with Crippen LogP contribution in [0.2, 0.25) is 0 Å². The van der Waals surface area contributed by atoms with Crippen LogP contribution in [0.15, 0.2) is 30.4 Å². The van der Waals surface area contributed by atoms with Gasteiger partial charge in [0.25, 0.3) is 0 Å². The Morgan fingerprint density at radius 2 is 2.18 bits per heavy atom. The van der Waals surface area contributed by atoms with Crippen LogP contribution in [0.25, 0.3) is 0 Å². The van der Waals surface area contributed by atoms with Crippen molar-refractivity contribution in [3.8, 4) is 11.5 Å². The van der Waals surface area contributed by atoms with Gasteiger partial charge in [-0.2, -0.15) is 0 Å². The maximum atomic E-state index is 5.37. The van der Waals surface area contributed by atoms with Crippen LogP contribution in [0, 0.1) is 0 Å². The Bertz CT molecular complexity index is 401. The predicted molar refractivity (Wildman–Crippen MR) is 68.4 cm³/mol. The molecular weight excluding hydrogens is 214 g/mol. The van der Waals surface area contributed by atoms with Crippen LogP contribution in [0.1, 0.15) is 31.9 Å². The van der Waals surface area contributed by atoms with Gasteiger partial charge in [-0.25, -0.2) is 0 Å². The van der Waals surface area contributed by atoms with Crippen LogP contribution in [-0.4, -0.2) is 13.3 Å². The smallest absolute Gasteiger partial charge is 0.231 e. The summed E-state index contributed by atoms with van der Waals surface area (Å²) in [6.07, 6.45) is 5.30. The van der Waals surface area contributed by atoms with Gasteiger partial charge in [0, 0.05) is 6.04 Å². The Balaban J connectivity index is 1.92. The molecule has 0 amide bonds. The first-order valence-corrected chi connectivity index (χ1v) is 6.05. The summed E-state index contributed by atoms with van der Waals surface area (Å²) in [5.41, 5.74) is 1.23. The van der Waals surface area contributed by atoms with Crippen molar-refractivity contribution in [3.05, 3.63) is 35.9 Å². The third-order valence-corrected chi connectivity index (χ3v) is 2.89. The fourth-order valence-electron chi connectivity index (χ4n) is 1.85. The van der Waals surface area contributed by atoms with E-state index in [4.69, 9.17) is 9.47 Å². The molecule has 92 valence electrons. The van der Waals surface area contributed by atoms with E-state index in [0.717, 1.165) is 24.5 Å². The minimum absolute atomic E-state index is 0.328. The number of fused-ring (bicyclic) bond motifs is 1. The first-order chi connectivity index (χ1) is 8.31. The largest absolute Gasteiger partial charge is 0.454 e. The van der Waals surface area contributed by atoms with Gasteiger partial charge in [0.15, 0.2) is 11.5 Å². The van der Waals surface area contributed by atoms with Crippen LogP contribution < -0.4 is 14.8 Å². The zero-order chi connectivity index (χ0) is 12.1. The first-order valence-electron chi connectivity index (χ1n) is 6.05. The van der Waals surface area contributed by atoms with Crippen molar-refractivity contribution < 1.29 is 9.47 Å². The third-order valence-electron chi connectivity index (χ3n) is 2.89. The van der Waals surface area contributed by atoms with Crippen LogP contribution in [0.5, 0.6) is 11.5 Å².